The molecule has 0 aliphatic heterocycles. The molecule has 0 heterocycles. The molecule has 0 spiro atoms. The Balaban J connectivity index is 4.43. The van der Waals surface area contributed by atoms with E-state index < -0.39 is 12.1 Å². The van der Waals surface area contributed by atoms with Crippen LogP contribution in [0, 0.1) is 0 Å². The number of esters is 3. The molecule has 0 bridgehead atoms. The molecule has 0 fully saturated rings. The highest BCUT2D eigenvalue weighted by Crippen LogP contribution is 2.13. The number of unbranched alkanes of at least 4 members (excludes halogenated alkanes) is 15. The lowest BCUT2D eigenvalue weighted by molar-refractivity contribution is -0.166. The summed E-state index contributed by atoms with van der Waals surface area (Å²) in [4.78, 5) is 37.4. The van der Waals surface area contributed by atoms with Crippen LogP contribution in [0.1, 0.15) is 181 Å². The summed E-state index contributed by atoms with van der Waals surface area (Å²) in [7, 11) is 0. The fraction of sp³-hybridized carbons (Fsp3) is 0.705. The van der Waals surface area contributed by atoms with Crippen molar-refractivity contribution in [2.45, 2.75) is 187 Å². The van der Waals surface area contributed by atoms with Crippen LogP contribution in [0.3, 0.4) is 0 Å². The van der Waals surface area contributed by atoms with Crippen LogP contribution in [0.15, 0.2) is 60.8 Å². The Bertz CT molecular complexity index is 944. The molecule has 0 aromatic rings. The Hall–Kier alpha value is -2.89. The second kappa shape index (κ2) is 38.9. The lowest BCUT2D eigenvalue weighted by Crippen LogP contribution is -2.30. The van der Waals surface area contributed by atoms with Gasteiger partial charge in [-0.25, -0.2) is 0 Å². The summed E-state index contributed by atoms with van der Waals surface area (Å²) >= 11 is 0. The standard InChI is InChI=1S/C44H74O6/c1-4-7-10-13-16-19-20-21-22-23-26-28-31-34-37-43(46)49-40-41(50-44(47)38-35-32-29-25-18-15-12-9-6-3)39-48-42(45)36-33-30-27-24-17-14-11-8-5-2/h7,9-10,12,16,18-19,25,32,35,41H,4-6,8,11,13-15,17,20-24,26-31,33-34,36-40H2,1-3H3/b10-7-,12-9-,19-16-,25-18-,35-32-. The minimum absolute atomic E-state index is 0.105. The average Bonchev–Trinajstić information content (AvgIpc) is 3.11. The predicted molar refractivity (Wildman–Crippen MR) is 210 cm³/mol. The van der Waals surface area contributed by atoms with Crippen LogP contribution in [0.2, 0.25) is 0 Å². The van der Waals surface area contributed by atoms with E-state index in [1.165, 1.54) is 64.2 Å². The summed E-state index contributed by atoms with van der Waals surface area (Å²) in [5.74, 6) is -1.06. The van der Waals surface area contributed by atoms with Gasteiger partial charge in [0.2, 0.25) is 0 Å². The highest BCUT2D eigenvalue weighted by Gasteiger charge is 2.19. The maximum absolute atomic E-state index is 12.5. The quantitative estimate of drug-likeness (QED) is 0.0284. The fourth-order valence-corrected chi connectivity index (χ4v) is 5.31. The minimum Gasteiger partial charge on any atom is -0.462 e. The first kappa shape index (κ1) is 47.1. The third-order valence-electron chi connectivity index (χ3n) is 8.30. The molecule has 0 radical (unpaired) electrons. The topological polar surface area (TPSA) is 78.9 Å². The zero-order valence-corrected chi connectivity index (χ0v) is 32.4. The molecule has 0 saturated carbocycles. The van der Waals surface area contributed by atoms with Crippen LogP contribution >= 0.6 is 0 Å². The van der Waals surface area contributed by atoms with E-state index in [0.29, 0.717) is 12.8 Å². The Labute approximate surface area is 307 Å². The highest BCUT2D eigenvalue weighted by atomic mass is 16.6. The first-order valence-corrected chi connectivity index (χ1v) is 20.3. The number of rotatable bonds is 35. The van der Waals surface area contributed by atoms with Crippen molar-refractivity contribution in [3.05, 3.63) is 60.8 Å². The lowest BCUT2D eigenvalue weighted by Gasteiger charge is -2.18. The van der Waals surface area contributed by atoms with Gasteiger partial charge in [0, 0.05) is 12.8 Å². The molecule has 0 aliphatic carbocycles. The molecule has 0 aromatic carbocycles. The molecule has 1 unspecified atom stereocenters. The van der Waals surface area contributed by atoms with Gasteiger partial charge in [-0.1, -0.05) is 165 Å². The van der Waals surface area contributed by atoms with Crippen molar-refractivity contribution >= 4 is 17.9 Å². The highest BCUT2D eigenvalue weighted by molar-refractivity contribution is 5.72. The molecule has 0 saturated heterocycles. The maximum atomic E-state index is 12.5. The average molecular weight is 699 g/mol. The van der Waals surface area contributed by atoms with Crippen molar-refractivity contribution in [2.24, 2.45) is 0 Å². The Morgan fingerprint density at radius 3 is 1.32 bits per heavy atom. The van der Waals surface area contributed by atoms with E-state index in [9.17, 15) is 14.4 Å². The van der Waals surface area contributed by atoms with Crippen LogP contribution in [0.5, 0.6) is 0 Å². The molecule has 0 N–H and O–H groups in total. The second-order valence-electron chi connectivity index (χ2n) is 13.2. The number of allylic oxidation sites excluding steroid dienone is 9. The summed E-state index contributed by atoms with van der Waals surface area (Å²) in [6.45, 7) is 6.26. The molecule has 6 nitrogen and oxygen atoms in total. The van der Waals surface area contributed by atoms with E-state index in [0.717, 1.165) is 77.0 Å². The first-order valence-electron chi connectivity index (χ1n) is 20.3. The molecule has 1 atom stereocenters. The van der Waals surface area contributed by atoms with Gasteiger partial charge in [0.1, 0.15) is 13.2 Å². The smallest absolute Gasteiger partial charge is 0.310 e. The van der Waals surface area contributed by atoms with Gasteiger partial charge >= 0.3 is 17.9 Å². The molecule has 0 aromatic heterocycles. The molecule has 0 amide bonds. The van der Waals surface area contributed by atoms with Crippen LogP contribution in [0.4, 0.5) is 0 Å². The summed E-state index contributed by atoms with van der Waals surface area (Å²) < 4.78 is 16.5. The Kier molecular flexibility index (Phi) is 36.7. The van der Waals surface area contributed by atoms with E-state index in [1.807, 2.05) is 6.08 Å². The predicted octanol–water partition coefficient (Wildman–Crippen LogP) is 12.6. The molecule has 0 rings (SSSR count). The number of hydrogen-bond acceptors (Lipinski definition) is 6. The third-order valence-corrected chi connectivity index (χ3v) is 8.30. The number of carbonyl (C=O) groups is 3. The Morgan fingerprint density at radius 2 is 0.840 bits per heavy atom. The number of hydrogen-bond donors (Lipinski definition) is 0. The van der Waals surface area contributed by atoms with Gasteiger partial charge in [0.15, 0.2) is 6.10 Å². The molecule has 0 aliphatic rings. The second-order valence-corrected chi connectivity index (χ2v) is 13.2. The zero-order valence-electron chi connectivity index (χ0n) is 32.4. The zero-order chi connectivity index (χ0) is 36.6. The van der Waals surface area contributed by atoms with E-state index in [-0.39, 0.29) is 31.6 Å². The van der Waals surface area contributed by atoms with Crippen molar-refractivity contribution in [1.82, 2.24) is 0 Å². The van der Waals surface area contributed by atoms with Crippen molar-refractivity contribution in [1.29, 1.82) is 0 Å². The van der Waals surface area contributed by atoms with Crippen molar-refractivity contribution in [3.63, 3.8) is 0 Å². The van der Waals surface area contributed by atoms with Gasteiger partial charge in [-0.3, -0.25) is 14.4 Å². The normalized spacial score (nSPS) is 12.6. The summed E-state index contributed by atoms with van der Waals surface area (Å²) in [6, 6.07) is 0. The van der Waals surface area contributed by atoms with Gasteiger partial charge in [-0.15, -0.1) is 0 Å². The maximum Gasteiger partial charge on any atom is 0.310 e. The third kappa shape index (κ3) is 36.4. The van der Waals surface area contributed by atoms with Crippen molar-refractivity contribution in [3.8, 4) is 0 Å². The van der Waals surface area contributed by atoms with Gasteiger partial charge in [-0.2, -0.15) is 0 Å². The van der Waals surface area contributed by atoms with Gasteiger partial charge < -0.3 is 14.2 Å². The van der Waals surface area contributed by atoms with Crippen LogP contribution in [-0.2, 0) is 28.6 Å². The first-order chi connectivity index (χ1) is 24.5. The number of ether oxygens (including phenoxy) is 3. The Morgan fingerprint density at radius 1 is 0.440 bits per heavy atom. The van der Waals surface area contributed by atoms with E-state index in [2.05, 4.69) is 69.4 Å². The molecule has 50 heavy (non-hydrogen) atoms. The van der Waals surface area contributed by atoms with Crippen molar-refractivity contribution in [2.75, 3.05) is 13.2 Å². The minimum atomic E-state index is -0.820. The van der Waals surface area contributed by atoms with Crippen LogP contribution < -0.4 is 0 Å². The van der Waals surface area contributed by atoms with E-state index >= 15 is 0 Å². The van der Waals surface area contributed by atoms with Crippen LogP contribution in [-0.4, -0.2) is 37.2 Å². The summed E-state index contributed by atoms with van der Waals surface area (Å²) in [6.07, 6.45) is 45.3. The summed E-state index contributed by atoms with van der Waals surface area (Å²) in [5, 5.41) is 0. The van der Waals surface area contributed by atoms with Crippen molar-refractivity contribution < 1.29 is 28.6 Å². The van der Waals surface area contributed by atoms with Crippen LogP contribution in [0.25, 0.3) is 0 Å². The molecular weight excluding hydrogens is 624 g/mol. The van der Waals surface area contributed by atoms with E-state index in [1.54, 1.807) is 6.08 Å². The van der Waals surface area contributed by atoms with Gasteiger partial charge in [-0.05, 0) is 57.8 Å². The summed E-state index contributed by atoms with van der Waals surface area (Å²) in [5.41, 5.74) is 0. The lowest BCUT2D eigenvalue weighted by atomic mass is 10.1. The largest absolute Gasteiger partial charge is 0.462 e. The van der Waals surface area contributed by atoms with Gasteiger partial charge in [0.25, 0.3) is 0 Å². The molecule has 286 valence electrons. The van der Waals surface area contributed by atoms with Gasteiger partial charge in [0.05, 0.1) is 6.42 Å². The monoisotopic (exact) mass is 699 g/mol. The SMILES string of the molecule is CC/C=C\C/C=C\C/C=C\CC(=O)OC(COC(=O)CCCCCCCCC/C=C\C/C=C\CC)COC(=O)CCCCCCCCCCC. The molecular formula is C44H74O6. The number of carbonyl (C=O) groups excluding carboxylic acids is 3. The van der Waals surface area contributed by atoms with E-state index in [4.69, 9.17) is 14.2 Å². The molecule has 6 heteroatoms. The fourth-order valence-electron chi connectivity index (χ4n) is 5.31.